The molecule has 3 nitrogen and oxygen atoms in total. The van der Waals surface area contributed by atoms with Crippen LogP contribution in [-0.2, 0) is 0 Å². The Balaban J connectivity index is 1.93. The molecule has 1 aliphatic rings. The number of halogens is 2. The molecular weight excluding hydrogens is 238 g/mol. The number of carbonyl (C=O) groups excluding carboxylic acids is 1. The van der Waals surface area contributed by atoms with Crippen molar-refractivity contribution in [2.75, 3.05) is 6.54 Å². The van der Waals surface area contributed by atoms with Crippen LogP contribution in [0.4, 0.5) is 8.78 Å². The van der Waals surface area contributed by atoms with Crippen molar-refractivity contribution in [1.82, 2.24) is 5.32 Å². The summed E-state index contributed by atoms with van der Waals surface area (Å²) in [7, 11) is 0. The first-order valence-electron chi connectivity index (χ1n) is 6.07. The average Bonchev–Trinajstić information content (AvgIpc) is 2.75. The second-order valence-electron chi connectivity index (χ2n) is 4.69. The number of benzene rings is 1. The van der Waals surface area contributed by atoms with Crippen LogP contribution < -0.4 is 11.1 Å². The molecule has 2 unspecified atom stereocenters. The lowest BCUT2D eigenvalue weighted by molar-refractivity contribution is 0.0946. The van der Waals surface area contributed by atoms with E-state index in [0.717, 1.165) is 31.4 Å². The standard InChI is InChI=1S/C13H16F2N2O/c14-10-5-4-8(6-11(10)15)13(18)17-7-9-2-1-3-12(9)16/h4-6,9,12H,1-3,7,16H2,(H,17,18). The van der Waals surface area contributed by atoms with Crippen molar-refractivity contribution in [2.45, 2.75) is 25.3 Å². The lowest BCUT2D eigenvalue weighted by atomic mass is 10.0. The summed E-state index contributed by atoms with van der Waals surface area (Å²) >= 11 is 0. The number of nitrogens with one attached hydrogen (secondary N) is 1. The van der Waals surface area contributed by atoms with Gasteiger partial charge >= 0.3 is 0 Å². The van der Waals surface area contributed by atoms with Gasteiger partial charge in [-0.3, -0.25) is 4.79 Å². The molecule has 1 aromatic carbocycles. The fourth-order valence-corrected chi connectivity index (χ4v) is 2.28. The third kappa shape index (κ3) is 2.85. The van der Waals surface area contributed by atoms with Crippen molar-refractivity contribution in [3.05, 3.63) is 35.4 Å². The molecule has 0 radical (unpaired) electrons. The van der Waals surface area contributed by atoms with Crippen molar-refractivity contribution >= 4 is 5.91 Å². The number of amides is 1. The van der Waals surface area contributed by atoms with Crippen LogP contribution in [0.1, 0.15) is 29.6 Å². The molecule has 1 amide bonds. The largest absolute Gasteiger partial charge is 0.352 e. The highest BCUT2D eigenvalue weighted by atomic mass is 19.2. The molecule has 0 heterocycles. The van der Waals surface area contributed by atoms with Gasteiger partial charge in [-0.2, -0.15) is 0 Å². The highest BCUT2D eigenvalue weighted by molar-refractivity contribution is 5.94. The van der Waals surface area contributed by atoms with Gasteiger partial charge in [0, 0.05) is 18.2 Å². The Morgan fingerprint density at radius 3 is 2.72 bits per heavy atom. The molecule has 0 bridgehead atoms. The number of nitrogens with two attached hydrogens (primary N) is 1. The van der Waals surface area contributed by atoms with Gasteiger partial charge in [0.25, 0.3) is 5.91 Å². The average molecular weight is 254 g/mol. The first kappa shape index (κ1) is 13.0. The van der Waals surface area contributed by atoms with Gasteiger partial charge in [0.2, 0.25) is 0 Å². The minimum absolute atomic E-state index is 0.121. The number of rotatable bonds is 3. The summed E-state index contributed by atoms with van der Waals surface area (Å²) in [4.78, 5) is 11.7. The Kier molecular flexibility index (Phi) is 3.91. The molecule has 98 valence electrons. The highest BCUT2D eigenvalue weighted by Crippen LogP contribution is 2.23. The van der Waals surface area contributed by atoms with Crippen LogP contribution in [0.25, 0.3) is 0 Å². The third-order valence-corrected chi connectivity index (χ3v) is 3.42. The Morgan fingerprint density at radius 1 is 1.33 bits per heavy atom. The van der Waals surface area contributed by atoms with Gasteiger partial charge in [0.1, 0.15) is 0 Å². The molecule has 1 aromatic rings. The summed E-state index contributed by atoms with van der Waals surface area (Å²) in [5, 5.41) is 2.71. The van der Waals surface area contributed by atoms with Crippen LogP contribution in [0.15, 0.2) is 18.2 Å². The molecule has 0 aromatic heterocycles. The molecule has 3 N–H and O–H groups in total. The zero-order valence-electron chi connectivity index (χ0n) is 9.96. The first-order valence-corrected chi connectivity index (χ1v) is 6.07. The monoisotopic (exact) mass is 254 g/mol. The second kappa shape index (κ2) is 5.44. The number of hydrogen-bond acceptors (Lipinski definition) is 2. The van der Waals surface area contributed by atoms with E-state index in [0.29, 0.717) is 6.54 Å². The minimum atomic E-state index is -1.01. The molecule has 0 spiro atoms. The molecule has 1 saturated carbocycles. The zero-order chi connectivity index (χ0) is 13.1. The van der Waals surface area contributed by atoms with Gasteiger partial charge in [-0.25, -0.2) is 8.78 Å². The van der Waals surface area contributed by atoms with Crippen molar-refractivity contribution in [1.29, 1.82) is 0 Å². The van der Waals surface area contributed by atoms with Crippen LogP contribution in [0, 0.1) is 17.6 Å². The van der Waals surface area contributed by atoms with E-state index in [4.69, 9.17) is 5.73 Å². The second-order valence-corrected chi connectivity index (χ2v) is 4.69. The summed E-state index contributed by atoms with van der Waals surface area (Å²) in [6.45, 7) is 0.485. The van der Waals surface area contributed by atoms with E-state index in [2.05, 4.69) is 5.32 Å². The quantitative estimate of drug-likeness (QED) is 0.864. The summed E-state index contributed by atoms with van der Waals surface area (Å²) in [6, 6.07) is 3.24. The number of carbonyl (C=O) groups is 1. The highest BCUT2D eigenvalue weighted by Gasteiger charge is 2.24. The van der Waals surface area contributed by atoms with Gasteiger partial charge in [-0.1, -0.05) is 6.42 Å². The van der Waals surface area contributed by atoms with E-state index in [1.54, 1.807) is 0 Å². The first-order chi connectivity index (χ1) is 8.58. The predicted molar refractivity (Wildman–Crippen MR) is 64.0 cm³/mol. The van der Waals surface area contributed by atoms with E-state index in [-0.39, 0.29) is 17.5 Å². The fraction of sp³-hybridized carbons (Fsp3) is 0.462. The maximum absolute atomic E-state index is 13.0. The Hall–Kier alpha value is -1.49. The van der Waals surface area contributed by atoms with Crippen LogP contribution in [0.2, 0.25) is 0 Å². The summed E-state index contributed by atoms with van der Waals surface area (Å²) in [6.07, 6.45) is 3.05. The Morgan fingerprint density at radius 2 is 2.11 bits per heavy atom. The lowest BCUT2D eigenvalue weighted by Crippen LogP contribution is -2.36. The van der Waals surface area contributed by atoms with Crippen LogP contribution in [0.5, 0.6) is 0 Å². The molecule has 1 fully saturated rings. The van der Waals surface area contributed by atoms with Crippen LogP contribution >= 0.6 is 0 Å². The topological polar surface area (TPSA) is 55.1 Å². The molecule has 2 atom stereocenters. The van der Waals surface area contributed by atoms with Gasteiger partial charge in [-0.15, -0.1) is 0 Å². The molecule has 18 heavy (non-hydrogen) atoms. The lowest BCUT2D eigenvalue weighted by Gasteiger charge is -2.15. The van der Waals surface area contributed by atoms with Crippen LogP contribution in [0.3, 0.4) is 0 Å². The summed E-state index contributed by atoms with van der Waals surface area (Å²) < 4.78 is 25.7. The Bertz CT molecular complexity index is 451. The minimum Gasteiger partial charge on any atom is -0.352 e. The van der Waals surface area contributed by atoms with E-state index in [1.165, 1.54) is 6.07 Å². The molecule has 2 rings (SSSR count). The molecule has 0 aliphatic heterocycles. The fourth-order valence-electron chi connectivity index (χ4n) is 2.28. The third-order valence-electron chi connectivity index (χ3n) is 3.42. The molecular formula is C13H16F2N2O. The van der Waals surface area contributed by atoms with Crippen LogP contribution in [-0.4, -0.2) is 18.5 Å². The number of hydrogen-bond donors (Lipinski definition) is 2. The van der Waals surface area contributed by atoms with Crippen molar-refractivity contribution in [2.24, 2.45) is 11.7 Å². The van der Waals surface area contributed by atoms with E-state index >= 15 is 0 Å². The van der Waals surface area contributed by atoms with Gasteiger partial charge < -0.3 is 11.1 Å². The van der Waals surface area contributed by atoms with Crippen molar-refractivity contribution in [3.63, 3.8) is 0 Å². The SMILES string of the molecule is NC1CCCC1CNC(=O)c1ccc(F)c(F)c1. The maximum Gasteiger partial charge on any atom is 0.251 e. The molecule has 5 heteroatoms. The predicted octanol–water partition coefficient (Wildman–Crippen LogP) is 1.82. The molecule has 1 aliphatic carbocycles. The van der Waals surface area contributed by atoms with Crippen molar-refractivity contribution in [3.8, 4) is 0 Å². The van der Waals surface area contributed by atoms with E-state index < -0.39 is 17.5 Å². The van der Waals surface area contributed by atoms with Gasteiger partial charge in [0.05, 0.1) is 0 Å². The normalized spacial score (nSPS) is 23.1. The summed E-state index contributed by atoms with van der Waals surface area (Å²) in [5.41, 5.74) is 6.01. The Labute approximate surface area is 104 Å². The maximum atomic E-state index is 13.0. The van der Waals surface area contributed by atoms with E-state index in [9.17, 15) is 13.6 Å². The zero-order valence-corrected chi connectivity index (χ0v) is 9.96. The summed E-state index contributed by atoms with van der Waals surface area (Å²) in [5.74, 6) is -2.09. The van der Waals surface area contributed by atoms with Gasteiger partial charge in [-0.05, 0) is 37.0 Å². The molecule has 0 saturated heterocycles. The van der Waals surface area contributed by atoms with Gasteiger partial charge in [0.15, 0.2) is 11.6 Å². The smallest absolute Gasteiger partial charge is 0.251 e. The van der Waals surface area contributed by atoms with Crippen molar-refractivity contribution < 1.29 is 13.6 Å². The van der Waals surface area contributed by atoms with E-state index in [1.807, 2.05) is 0 Å².